The van der Waals surface area contributed by atoms with Crippen LogP contribution in [0.25, 0.3) is 0 Å². The lowest BCUT2D eigenvalue weighted by molar-refractivity contribution is 0.368. The molecule has 0 radical (unpaired) electrons. The highest BCUT2D eigenvalue weighted by molar-refractivity contribution is 6.81. The standard InChI is InChI=1S/C7H12O3Si2/c1-12(9,10-11-8)7-5-3-2-4-6-7/h2-6,8-9H,11H2,1H3. The minimum Gasteiger partial charge on any atom is -0.416 e. The molecule has 0 aliphatic rings. The summed E-state index contributed by atoms with van der Waals surface area (Å²) < 4.78 is 5.00. The van der Waals surface area contributed by atoms with E-state index < -0.39 is 18.6 Å². The van der Waals surface area contributed by atoms with E-state index in [1.54, 1.807) is 6.55 Å². The molecule has 1 atom stereocenters. The molecule has 1 aromatic rings. The monoisotopic (exact) mass is 200 g/mol. The Morgan fingerprint density at radius 1 is 1.33 bits per heavy atom. The van der Waals surface area contributed by atoms with Gasteiger partial charge in [0.2, 0.25) is 0 Å². The van der Waals surface area contributed by atoms with Gasteiger partial charge in [-0.05, 0) is 11.7 Å². The van der Waals surface area contributed by atoms with Crippen molar-refractivity contribution in [2.75, 3.05) is 0 Å². The lowest BCUT2D eigenvalue weighted by Gasteiger charge is -2.19. The van der Waals surface area contributed by atoms with Crippen molar-refractivity contribution in [2.24, 2.45) is 0 Å². The van der Waals surface area contributed by atoms with Crippen LogP contribution in [0, 0.1) is 0 Å². The van der Waals surface area contributed by atoms with Crippen molar-refractivity contribution in [1.82, 2.24) is 0 Å². The molecule has 5 heteroatoms. The van der Waals surface area contributed by atoms with Gasteiger partial charge in [-0.2, -0.15) is 0 Å². The zero-order chi connectivity index (χ0) is 9.03. The van der Waals surface area contributed by atoms with Crippen LogP contribution in [0.2, 0.25) is 6.55 Å². The first kappa shape index (κ1) is 9.62. The summed E-state index contributed by atoms with van der Waals surface area (Å²) in [7, 11) is -4.29. The van der Waals surface area contributed by atoms with Crippen LogP contribution in [0.15, 0.2) is 30.3 Å². The molecule has 2 N–H and O–H groups in total. The van der Waals surface area contributed by atoms with Crippen LogP contribution >= 0.6 is 0 Å². The maximum atomic E-state index is 9.78. The second-order valence-electron chi connectivity index (χ2n) is 2.62. The minimum atomic E-state index is -2.77. The predicted molar refractivity (Wildman–Crippen MR) is 51.8 cm³/mol. The molecule has 1 unspecified atom stereocenters. The Morgan fingerprint density at radius 3 is 2.42 bits per heavy atom. The molecule has 66 valence electrons. The third-order valence-electron chi connectivity index (χ3n) is 1.66. The topological polar surface area (TPSA) is 49.7 Å². The maximum absolute atomic E-state index is 9.78. The van der Waals surface area contributed by atoms with Crippen LogP contribution in [0.5, 0.6) is 0 Å². The second-order valence-corrected chi connectivity index (χ2v) is 6.58. The Labute approximate surface area is 74.9 Å². The van der Waals surface area contributed by atoms with Crippen molar-refractivity contribution in [2.45, 2.75) is 6.55 Å². The summed E-state index contributed by atoms with van der Waals surface area (Å²) in [4.78, 5) is 18.4. The average molecular weight is 200 g/mol. The van der Waals surface area contributed by atoms with E-state index in [4.69, 9.17) is 8.91 Å². The Morgan fingerprint density at radius 2 is 1.92 bits per heavy atom. The van der Waals surface area contributed by atoms with E-state index in [0.717, 1.165) is 5.19 Å². The molecule has 0 bridgehead atoms. The molecule has 0 aromatic heterocycles. The maximum Gasteiger partial charge on any atom is 0.357 e. The lowest BCUT2D eigenvalue weighted by atomic mass is 10.4. The zero-order valence-corrected chi connectivity index (χ0v) is 9.31. The van der Waals surface area contributed by atoms with Gasteiger partial charge in [-0.15, -0.1) is 0 Å². The quantitative estimate of drug-likeness (QED) is 0.613. The van der Waals surface area contributed by atoms with E-state index in [1.165, 1.54) is 0 Å². The fourth-order valence-corrected chi connectivity index (χ4v) is 3.44. The smallest absolute Gasteiger partial charge is 0.357 e. The lowest BCUT2D eigenvalue weighted by Crippen LogP contribution is -2.49. The van der Waals surface area contributed by atoms with E-state index in [-0.39, 0.29) is 0 Å². The Bertz CT molecular complexity index is 238. The Balaban J connectivity index is 2.82. The van der Waals surface area contributed by atoms with Crippen LogP contribution in [0.4, 0.5) is 0 Å². The van der Waals surface area contributed by atoms with Crippen LogP contribution in [0.3, 0.4) is 0 Å². The fraction of sp³-hybridized carbons (Fsp3) is 0.143. The first-order valence-electron chi connectivity index (χ1n) is 3.69. The molecule has 0 saturated carbocycles. The SMILES string of the molecule is C[Si](O)(O[SiH2]O)c1ccccc1. The molecule has 0 aliphatic carbocycles. The zero-order valence-electron chi connectivity index (χ0n) is 6.90. The van der Waals surface area contributed by atoms with Crippen LogP contribution < -0.4 is 5.19 Å². The summed E-state index contributed by atoms with van der Waals surface area (Å²) in [6, 6.07) is 9.20. The van der Waals surface area contributed by atoms with Gasteiger partial charge in [0.1, 0.15) is 0 Å². The molecule has 12 heavy (non-hydrogen) atoms. The molecule has 0 aliphatic heterocycles. The van der Waals surface area contributed by atoms with E-state index in [9.17, 15) is 4.80 Å². The van der Waals surface area contributed by atoms with Gasteiger partial charge >= 0.3 is 8.56 Å². The van der Waals surface area contributed by atoms with Gasteiger partial charge in [-0.25, -0.2) is 0 Å². The summed E-state index contributed by atoms with van der Waals surface area (Å²) >= 11 is 0. The Kier molecular flexibility index (Phi) is 3.18. The van der Waals surface area contributed by atoms with Crippen LogP contribution in [-0.2, 0) is 4.12 Å². The molecule has 1 aromatic carbocycles. The van der Waals surface area contributed by atoms with Crippen LogP contribution in [0.1, 0.15) is 0 Å². The Hall–Kier alpha value is -0.466. The number of benzene rings is 1. The highest BCUT2D eigenvalue weighted by Crippen LogP contribution is 1.99. The fourth-order valence-electron chi connectivity index (χ4n) is 0.956. The molecule has 0 saturated heterocycles. The summed E-state index contributed by atoms with van der Waals surface area (Å²) in [5, 5.41) is 0.798. The summed E-state index contributed by atoms with van der Waals surface area (Å²) in [6.45, 7) is 1.66. The summed E-state index contributed by atoms with van der Waals surface area (Å²) in [6.07, 6.45) is 0. The van der Waals surface area contributed by atoms with Crippen molar-refractivity contribution in [3.8, 4) is 0 Å². The largest absolute Gasteiger partial charge is 0.416 e. The second kappa shape index (κ2) is 3.97. The minimum absolute atomic E-state index is 0.798. The third kappa shape index (κ3) is 2.26. The predicted octanol–water partition coefficient (Wildman–Crippen LogP) is -1.03. The number of hydrogen-bond acceptors (Lipinski definition) is 3. The average Bonchev–Trinajstić information content (AvgIpc) is 2.06. The molecule has 0 heterocycles. The highest BCUT2D eigenvalue weighted by Gasteiger charge is 2.28. The van der Waals surface area contributed by atoms with Crippen molar-refractivity contribution in [1.29, 1.82) is 0 Å². The van der Waals surface area contributed by atoms with Gasteiger partial charge in [0.25, 0.3) is 10.0 Å². The van der Waals surface area contributed by atoms with Crippen molar-refractivity contribution in [3.05, 3.63) is 30.3 Å². The van der Waals surface area contributed by atoms with E-state index >= 15 is 0 Å². The first-order chi connectivity index (χ1) is 5.67. The van der Waals surface area contributed by atoms with Gasteiger partial charge in [0.15, 0.2) is 0 Å². The van der Waals surface area contributed by atoms with Crippen LogP contribution in [-0.4, -0.2) is 28.2 Å². The van der Waals surface area contributed by atoms with Crippen molar-refractivity contribution >= 4 is 23.8 Å². The molecular formula is C7H12O3Si2. The van der Waals surface area contributed by atoms with E-state index in [0.29, 0.717) is 0 Å². The van der Waals surface area contributed by atoms with E-state index in [1.807, 2.05) is 30.3 Å². The van der Waals surface area contributed by atoms with E-state index in [2.05, 4.69) is 0 Å². The van der Waals surface area contributed by atoms with Crippen molar-refractivity contribution in [3.63, 3.8) is 0 Å². The summed E-state index contributed by atoms with van der Waals surface area (Å²) in [5.74, 6) is 0. The summed E-state index contributed by atoms with van der Waals surface area (Å²) in [5.41, 5.74) is 0. The number of hydrogen-bond donors (Lipinski definition) is 2. The van der Waals surface area contributed by atoms with Gasteiger partial charge in [-0.1, -0.05) is 30.3 Å². The highest BCUT2D eigenvalue weighted by atomic mass is 28.4. The van der Waals surface area contributed by atoms with Gasteiger partial charge in [0.05, 0.1) is 0 Å². The van der Waals surface area contributed by atoms with Gasteiger partial charge in [0, 0.05) is 0 Å². The van der Waals surface area contributed by atoms with Gasteiger partial charge < -0.3 is 13.7 Å². The molecule has 0 amide bonds. The third-order valence-corrected chi connectivity index (χ3v) is 5.82. The molecule has 0 fully saturated rings. The van der Waals surface area contributed by atoms with Crippen molar-refractivity contribution < 1.29 is 13.7 Å². The molecule has 1 rings (SSSR count). The molecule has 3 nitrogen and oxygen atoms in total. The van der Waals surface area contributed by atoms with Gasteiger partial charge in [-0.3, -0.25) is 0 Å². The normalized spacial score (nSPS) is 16.6. The molecule has 0 spiro atoms. The first-order valence-corrected chi connectivity index (χ1v) is 7.26. The number of rotatable bonds is 3. The molecular weight excluding hydrogens is 188 g/mol.